The maximum atomic E-state index is 12.9. The van der Waals surface area contributed by atoms with E-state index in [0.29, 0.717) is 50.5 Å². The van der Waals surface area contributed by atoms with Crippen molar-refractivity contribution in [1.29, 1.82) is 0 Å². The van der Waals surface area contributed by atoms with Crippen molar-refractivity contribution < 1.29 is 52.6 Å². The van der Waals surface area contributed by atoms with Crippen molar-refractivity contribution >= 4 is 74.8 Å². The summed E-state index contributed by atoms with van der Waals surface area (Å²) >= 11 is 3.76. The van der Waals surface area contributed by atoms with Crippen LogP contribution in [0.5, 0.6) is 34.5 Å². The molecule has 512 valence electrons. The second-order valence-electron chi connectivity index (χ2n) is 21.6. The number of unbranched alkanes of at least 4 members (excludes halogenated alkanes) is 1. The average Bonchev–Trinajstić information content (AvgIpc) is 1.65. The number of ether oxygens (including phenoxy) is 3. The van der Waals surface area contributed by atoms with Crippen molar-refractivity contribution in [3.63, 3.8) is 0 Å². The Labute approximate surface area is 580 Å². The molecule has 0 saturated carbocycles. The first kappa shape index (κ1) is 73.2. The predicted molar refractivity (Wildman–Crippen MR) is 377 cm³/mol. The van der Waals surface area contributed by atoms with Crippen LogP contribution in [0.4, 0.5) is 23.4 Å². The van der Waals surface area contributed by atoms with Crippen LogP contribution in [0, 0.1) is 24.4 Å². The zero-order valence-corrected chi connectivity index (χ0v) is 58.0. The van der Waals surface area contributed by atoms with Crippen molar-refractivity contribution in [3.05, 3.63) is 246 Å². The zero-order valence-electron chi connectivity index (χ0n) is 53.1. The minimum atomic E-state index is -3.76. The normalized spacial score (nSPS) is 12.3. The number of sulfonamides is 3. The van der Waals surface area contributed by atoms with Gasteiger partial charge in [0.2, 0.25) is 15.2 Å². The van der Waals surface area contributed by atoms with E-state index in [1.54, 1.807) is 24.4 Å². The van der Waals surface area contributed by atoms with Gasteiger partial charge in [0.1, 0.15) is 63.3 Å². The molecule has 5 N–H and O–H groups in total. The van der Waals surface area contributed by atoms with Crippen LogP contribution in [0.2, 0.25) is 0 Å². The summed E-state index contributed by atoms with van der Waals surface area (Å²) in [5, 5.41) is 24.6. The van der Waals surface area contributed by atoms with Crippen LogP contribution in [-0.2, 0) is 43.0 Å². The highest BCUT2D eigenvalue weighted by Crippen LogP contribution is 2.30. The van der Waals surface area contributed by atoms with Crippen LogP contribution in [0.3, 0.4) is 0 Å². The Kier molecular flexibility index (Phi) is 27.3. The Hall–Kier alpha value is -9.04. The van der Waals surface area contributed by atoms with Gasteiger partial charge in [0.15, 0.2) is 9.47 Å². The van der Waals surface area contributed by atoms with Crippen molar-refractivity contribution in [3.8, 4) is 45.8 Å². The summed E-state index contributed by atoms with van der Waals surface area (Å²) < 4.78 is 137. The second kappa shape index (κ2) is 36.5. The molecule has 1 fully saturated rings. The largest absolute Gasteiger partial charge is 0.457 e. The molecule has 11 aromatic rings. The number of likely N-dealkylation sites (tertiary alicyclic amines) is 1. The molecule has 0 atom stereocenters. The molecule has 0 unspecified atom stereocenters. The van der Waals surface area contributed by atoms with E-state index in [1.165, 1.54) is 188 Å². The SMILES string of the molecule is CSc1nnc(NS(=O)(=O)c2ccc(Oc3ccc(F)cc3)cc2)s1.Cc1csc(NS(=O)(=O)c2ccc(Oc3ccc(F)cc3)cc2)n1.O=S(=O)(NCCN1CCCCC1)c1ccc(Oc2ccc(F)cc2)cc1.c1ccc(CCCCNCc2n[nH]nc2-c2ccccc2)cc1. The molecule has 0 bridgehead atoms. The molecule has 98 heavy (non-hydrogen) atoms. The number of anilines is 2. The first-order chi connectivity index (χ1) is 47.3. The molecule has 12 rings (SSSR count). The Bertz CT molecular complexity index is 4570. The predicted octanol–water partition coefficient (Wildman–Crippen LogP) is 15.1. The van der Waals surface area contributed by atoms with Crippen molar-refractivity contribution in [2.24, 2.45) is 0 Å². The van der Waals surface area contributed by atoms with Gasteiger partial charge in [-0.3, -0.25) is 9.44 Å². The van der Waals surface area contributed by atoms with E-state index in [4.69, 9.17) is 14.2 Å². The Morgan fingerprint density at radius 1 is 0.531 bits per heavy atom. The summed E-state index contributed by atoms with van der Waals surface area (Å²) in [5.74, 6) is 1.72. The number of halogens is 3. The van der Waals surface area contributed by atoms with Crippen LogP contribution in [0.25, 0.3) is 11.3 Å². The first-order valence-corrected chi connectivity index (χ1v) is 38.1. The average molecular weight is 1450 g/mol. The fraction of sp³-hybridized carbons (Fsp3) is 0.203. The number of aromatic amines is 1. The van der Waals surface area contributed by atoms with Gasteiger partial charge in [-0.25, -0.2) is 48.1 Å². The number of thiazole rings is 1. The number of thioether (sulfide) groups is 1. The molecule has 0 spiro atoms. The Balaban J connectivity index is 0.000000153. The van der Waals surface area contributed by atoms with Crippen molar-refractivity contribution in [1.82, 2.24) is 45.5 Å². The van der Waals surface area contributed by atoms with E-state index >= 15 is 0 Å². The monoisotopic (exact) mass is 1450 g/mol. The minimum Gasteiger partial charge on any atom is -0.457 e. The molecule has 8 aromatic carbocycles. The number of nitrogens with zero attached hydrogens (tertiary/aromatic N) is 6. The van der Waals surface area contributed by atoms with E-state index in [9.17, 15) is 38.4 Å². The van der Waals surface area contributed by atoms with Crippen molar-refractivity contribution in [2.45, 2.75) is 71.0 Å². The van der Waals surface area contributed by atoms with Gasteiger partial charge in [-0.2, -0.15) is 15.4 Å². The van der Waals surface area contributed by atoms with Crippen LogP contribution in [0.15, 0.2) is 231 Å². The number of hydrogen-bond donors (Lipinski definition) is 5. The summed E-state index contributed by atoms with van der Waals surface area (Å²) in [6.45, 7) is 6.73. The second-order valence-corrected chi connectivity index (χ2v) is 29.6. The van der Waals surface area contributed by atoms with Gasteiger partial charge in [0.25, 0.3) is 20.0 Å². The van der Waals surface area contributed by atoms with Crippen LogP contribution in [-0.4, -0.2) is 99.7 Å². The smallest absolute Gasteiger partial charge is 0.263 e. The molecule has 1 aliphatic heterocycles. The number of benzene rings is 8. The fourth-order valence-corrected chi connectivity index (χ4v) is 14.7. The highest BCUT2D eigenvalue weighted by atomic mass is 32.2. The Morgan fingerprint density at radius 2 is 0.990 bits per heavy atom. The van der Waals surface area contributed by atoms with Gasteiger partial charge in [-0.1, -0.05) is 90.2 Å². The zero-order chi connectivity index (χ0) is 69.2. The summed E-state index contributed by atoms with van der Waals surface area (Å²) in [6.07, 6.45) is 8.95. The lowest BCUT2D eigenvalue weighted by Crippen LogP contribution is -2.37. The molecule has 4 heterocycles. The summed E-state index contributed by atoms with van der Waals surface area (Å²) in [4.78, 5) is 6.72. The maximum absolute atomic E-state index is 12.9. The summed E-state index contributed by atoms with van der Waals surface area (Å²) in [5.41, 5.74) is 5.17. The van der Waals surface area contributed by atoms with E-state index in [0.717, 1.165) is 79.5 Å². The highest BCUT2D eigenvalue weighted by Gasteiger charge is 2.20. The van der Waals surface area contributed by atoms with Gasteiger partial charge < -0.3 is 24.4 Å². The number of rotatable bonds is 26. The number of hydrogen-bond acceptors (Lipinski definition) is 19. The third-order valence-electron chi connectivity index (χ3n) is 14.2. The van der Waals surface area contributed by atoms with E-state index in [2.05, 4.69) is 97.4 Å². The summed E-state index contributed by atoms with van der Waals surface area (Å²) in [6, 6.07) is 55.5. The van der Waals surface area contributed by atoms with E-state index in [1.807, 2.05) is 24.5 Å². The van der Waals surface area contributed by atoms with Gasteiger partial charge in [-0.05, 0) is 216 Å². The summed E-state index contributed by atoms with van der Waals surface area (Å²) in [7, 11) is -11.0. The minimum absolute atomic E-state index is 0.0693. The standard InChI is InChI=1S/C19H23FN2O3S.C19H22N4.C16H13FN2O3S2.C15H12FN3O3S3/c20-16-4-6-17(7-5-16)25-18-8-10-19(11-9-18)26(23,24)21-12-15-22-13-2-1-3-14-22;1-3-9-16(10-4-1)11-7-8-14-20-15-18-19(22-23-21-18)17-12-5-2-6-13-17;1-11-10-23-16(18-11)19-24(20,21)15-8-6-14(7-9-15)22-13-4-2-12(17)3-5-13;1-23-15-18-17-14(24-15)19-25(20,21)13-8-6-12(7-9-13)22-11-4-2-10(16)3-5-11/h4-11,21H,1-3,12-15H2;1-6,9-10,12-13,20H,7-8,11,14-15H2,(H,21,22,23);2-10H,1H3,(H,18,19);2-9H,1H3,(H,17,19). The van der Waals surface area contributed by atoms with Gasteiger partial charge in [0.05, 0.1) is 20.4 Å². The number of aromatic nitrogens is 6. The third-order valence-corrected chi connectivity index (χ3v) is 21.4. The van der Waals surface area contributed by atoms with Crippen molar-refractivity contribution in [2.75, 3.05) is 48.4 Å². The molecule has 20 nitrogen and oxygen atoms in total. The number of aryl methyl sites for hydroxylation is 2. The highest BCUT2D eigenvalue weighted by molar-refractivity contribution is 8.00. The molecule has 0 aliphatic carbocycles. The van der Waals surface area contributed by atoms with Gasteiger partial charge in [-0.15, -0.1) is 21.5 Å². The molecule has 0 radical (unpaired) electrons. The maximum Gasteiger partial charge on any atom is 0.263 e. The third kappa shape index (κ3) is 23.6. The van der Waals surface area contributed by atoms with E-state index in [-0.39, 0.29) is 37.3 Å². The van der Waals surface area contributed by atoms with Gasteiger partial charge in [0, 0.05) is 30.6 Å². The lowest BCUT2D eigenvalue weighted by Gasteiger charge is -2.26. The molecule has 1 saturated heterocycles. The van der Waals surface area contributed by atoms with E-state index < -0.39 is 30.1 Å². The van der Waals surface area contributed by atoms with Crippen LogP contribution in [0.1, 0.15) is 49.1 Å². The topological polar surface area (TPSA) is 262 Å². The molecule has 29 heteroatoms. The van der Waals surface area contributed by atoms with Crippen LogP contribution >= 0.6 is 34.4 Å². The van der Waals surface area contributed by atoms with Gasteiger partial charge >= 0.3 is 0 Å². The quantitative estimate of drug-likeness (QED) is 0.0249. The lowest BCUT2D eigenvalue weighted by atomic mass is 10.1. The number of H-pyrrole nitrogens is 1. The molecule has 1 aliphatic rings. The first-order valence-electron chi connectivity index (χ1n) is 30.7. The molecule has 3 aromatic heterocycles. The fourth-order valence-electron chi connectivity index (χ4n) is 9.30. The van der Waals surface area contributed by atoms with Crippen LogP contribution < -0.4 is 33.7 Å². The Morgan fingerprint density at radius 3 is 1.45 bits per heavy atom. The molecule has 0 amide bonds. The number of nitrogens with one attached hydrogen (secondary N) is 5. The lowest BCUT2D eigenvalue weighted by molar-refractivity contribution is 0.233. The number of piperidine rings is 1. The molecular formula is C69H70F3N11O9S6. The molecular weight excluding hydrogens is 1380 g/mol.